The molecule has 148 valence electrons. The third kappa shape index (κ3) is 3.66. The summed E-state index contributed by atoms with van der Waals surface area (Å²) in [4.78, 5) is 13.4. The van der Waals surface area contributed by atoms with E-state index >= 15 is 0 Å². The van der Waals surface area contributed by atoms with Crippen LogP contribution in [0.5, 0.6) is 5.75 Å². The van der Waals surface area contributed by atoms with Crippen molar-refractivity contribution in [2.75, 3.05) is 18.0 Å². The molecule has 0 aliphatic carbocycles. The van der Waals surface area contributed by atoms with Gasteiger partial charge in [0, 0.05) is 30.6 Å². The van der Waals surface area contributed by atoms with E-state index in [1.807, 2.05) is 12.1 Å². The van der Waals surface area contributed by atoms with E-state index in [2.05, 4.69) is 43.0 Å². The van der Waals surface area contributed by atoms with Crippen LogP contribution in [0.4, 0.5) is 5.69 Å². The van der Waals surface area contributed by atoms with E-state index in [1.54, 1.807) is 6.07 Å². The summed E-state index contributed by atoms with van der Waals surface area (Å²) in [5.74, 6) is 1.07. The van der Waals surface area contributed by atoms with Crippen molar-refractivity contribution in [3.8, 4) is 5.75 Å². The van der Waals surface area contributed by atoms with Crippen molar-refractivity contribution >= 4 is 12.0 Å². The lowest BCUT2D eigenvalue weighted by Gasteiger charge is -2.37. The first-order valence-electron chi connectivity index (χ1n) is 10.3. The third-order valence-corrected chi connectivity index (χ3v) is 6.23. The molecule has 1 saturated heterocycles. The fraction of sp³-hybridized carbons (Fsp3) is 0.458. The van der Waals surface area contributed by atoms with Crippen LogP contribution in [0.2, 0.25) is 0 Å². The first-order chi connectivity index (χ1) is 13.6. The van der Waals surface area contributed by atoms with Crippen LogP contribution < -0.4 is 4.90 Å². The van der Waals surface area contributed by atoms with Crippen LogP contribution in [0, 0.1) is 11.8 Å². The lowest BCUT2D eigenvalue weighted by molar-refractivity contribution is -0.111. The molecule has 4 rings (SSSR count). The van der Waals surface area contributed by atoms with Crippen molar-refractivity contribution in [2.24, 2.45) is 11.8 Å². The molecule has 4 nitrogen and oxygen atoms in total. The van der Waals surface area contributed by atoms with Crippen molar-refractivity contribution in [3.05, 3.63) is 59.2 Å². The van der Waals surface area contributed by atoms with Crippen molar-refractivity contribution in [1.82, 2.24) is 0 Å². The topological polar surface area (TPSA) is 49.8 Å². The number of phenols is 1. The molecule has 0 radical (unpaired) electrons. The molecule has 28 heavy (non-hydrogen) atoms. The Morgan fingerprint density at radius 2 is 1.82 bits per heavy atom. The maximum absolute atomic E-state index is 11.0. The second-order valence-electron chi connectivity index (χ2n) is 8.43. The molecule has 2 aromatic rings. The fourth-order valence-corrected chi connectivity index (χ4v) is 4.61. The normalized spacial score (nSPS) is 22.9. The predicted octanol–water partition coefficient (Wildman–Crippen LogP) is 4.49. The number of anilines is 1. The Morgan fingerprint density at radius 1 is 1.11 bits per heavy atom. The van der Waals surface area contributed by atoms with Crippen molar-refractivity contribution in [2.45, 2.75) is 45.3 Å². The van der Waals surface area contributed by atoms with Gasteiger partial charge in [-0.3, -0.25) is 0 Å². The lowest BCUT2D eigenvalue weighted by Crippen LogP contribution is -2.34. The number of carbonyl (C=O) groups is 1. The van der Waals surface area contributed by atoms with Crippen molar-refractivity contribution < 1.29 is 14.6 Å². The quantitative estimate of drug-likeness (QED) is 0.795. The van der Waals surface area contributed by atoms with E-state index in [0.29, 0.717) is 12.5 Å². The van der Waals surface area contributed by atoms with E-state index < -0.39 is 0 Å². The summed E-state index contributed by atoms with van der Waals surface area (Å²) >= 11 is 0. The molecule has 1 fully saturated rings. The van der Waals surface area contributed by atoms with Crippen LogP contribution in [-0.4, -0.2) is 30.6 Å². The molecule has 0 spiro atoms. The zero-order chi connectivity index (χ0) is 19.7. The monoisotopic (exact) mass is 379 g/mol. The molecule has 2 aliphatic rings. The lowest BCUT2D eigenvalue weighted by atomic mass is 9.78. The largest absolute Gasteiger partial charge is 0.508 e. The van der Waals surface area contributed by atoms with Gasteiger partial charge in [0.1, 0.15) is 12.0 Å². The van der Waals surface area contributed by atoms with Gasteiger partial charge in [0.25, 0.3) is 0 Å². The zero-order valence-corrected chi connectivity index (χ0v) is 16.7. The minimum atomic E-state index is 0.117. The third-order valence-electron chi connectivity index (χ3n) is 6.23. The van der Waals surface area contributed by atoms with Gasteiger partial charge in [0.05, 0.1) is 12.7 Å². The second kappa shape index (κ2) is 7.96. The Kier molecular flexibility index (Phi) is 5.40. The number of phenolic OH excluding ortho intramolecular Hbond substituents is 1. The number of carbonyl (C=O) groups excluding carboxylic acids is 1. The first kappa shape index (κ1) is 19.0. The number of fused-ring (bicyclic) bond motifs is 1. The maximum atomic E-state index is 11.0. The highest BCUT2D eigenvalue weighted by atomic mass is 16.5. The van der Waals surface area contributed by atoms with Gasteiger partial charge in [-0.15, -0.1) is 0 Å². The highest BCUT2D eigenvalue weighted by Crippen LogP contribution is 2.41. The SMILES string of the molecule is CC(C)[C@H]1OCc2cc(O)ccc2[C@H]1c1ccc(N2CCC(C=O)CC2)cc1. The summed E-state index contributed by atoms with van der Waals surface area (Å²) in [6.07, 6.45) is 3.10. The average Bonchev–Trinajstić information content (AvgIpc) is 2.73. The highest BCUT2D eigenvalue weighted by molar-refractivity contribution is 5.56. The fourth-order valence-electron chi connectivity index (χ4n) is 4.61. The molecule has 1 N–H and O–H groups in total. The molecule has 2 atom stereocenters. The number of aldehydes is 1. The van der Waals surface area contributed by atoms with Gasteiger partial charge in [-0.05, 0) is 59.7 Å². The van der Waals surface area contributed by atoms with Gasteiger partial charge < -0.3 is 19.5 Å². The van der Waals surface area contributed by atoms with Crippen molar-refractivity contribution in [3.63, 3.8) is 0 Å². The van der Waals surface area contributed by atoms with Gasteiger partial charge >= 0.3 is 0 Å². The Hall–Kier alpha value is -2.33. The number of aromatic hydroxyl groups is 1. The number of rotatable bonds is 4. The van der Waals surface area contributed by atoms with E-state index in [-0.39, 0.29) is 23.7 Å². The molecule has 2 aromatic carbocycles. The number of ether oxygens (including phenoxy) is 1. The number of nitrogens with zero attached hydrogens (tertiary/aromatic N) is 1. The van der Waals surface area contributed by atoms with Gasteiger partial charge in [-0.25, -0.2) is 0 Å². The van der Waals surface area contributed by atoms with E-state index in [4.69, 9.17) is 4.74 Å². The van der Waals surface area contributed by atoms with Crippen LogP contribution in [0.3, 0.4) is 0 Å². The second-order valence-corrected chi connectivity index (χ2v) is 8.43. The summed E-state index contributed by atoms with van der Waals surface area (Å²) in [5.41, 5.74) is 4.79. The average molecular weight is 380 g/mol. The Balaban J connectivity index is 1.61. The summed E-state index contributed by atoms with van der Waals surface area (Å²) in [7, 11) is 0. The number of piperidine rings is 1. The van der Waals surface area contributed by atoms with Gasteiger partial charge in [0.2, 0.25) is 0 Å². The molecule has 0 unspecified atom stereocenters. The van der Waals surface area contributed by atoms with Crippen LogP contribution in [0.1, 0.15) is 49.3 Å². The van der Waals surface area contributed by atoms with Gasteiger partial charge in [-0.1, -0.05) is 32.0 Å². The first-order valence-corrected chi connectivity index (χ1v) is 10.3. The summed E-state index contributed by atoms with van der Waals surface area (Å²) in [6, 6.07) is 14.5. The Bertz CT molecular complexity index is 822. The summed E-state index contributed by atoms with van der Waals surface area (Å²) < 4.78 is 6.20. The molecule has 2 aliphatic heterocycles. The Morgan fingerprint density at radius 3 is 2.46 bits per heavy atom. The van der Waals surface area contributed by atoms with Gasteiger partial charge in [0.15, 0.2) is 0 Å². The molecule has 0 amide bonds. The molecule has 0 aromatic heterocycles. The minimum absolute atomic E-state index is 0.117. The molecule has 0 saturated carbocycles. The number of hydrogen-bond acceptors (Lipinski definition) is 4. The standard InChI is InChI=1S/C24H29NO3/c1-16(2)24-23(22-8-7-21(27)13-19(22)15-28-24)18-3-5-20(6-4-18)25-11-9-17(14-26)10-12-25/h3-8,13-14,16-17,23-24,27H,9-12,15H2,1-2H3/t23-,24-/m1/s1. The van der Waals surface area contributed by atoms with Crippen LogP contribution in [0.25, 0.3) is 0 Å². The highest BCUT2D eigenvalue weighted by Gasteiger charge is 2.34. The van der Waals surface area contributed by atoms with Gasteiger partial charge in [-0.2, -0.15) is 0 Å². The maximum Gasteiger partial charge on any atom is 0.123 e. The number of hydrogen-bond donors (Lipinski definition) is 1. The van der Waals surface area contributed by atoms with E-state index in [9.17, 15) is 9.90 Å². The minimum Gasteiger partial charge on any atom is -0.508 e. The van der Waals surface area contributed by atoms with Crippen LogP contribution in [0.15, 0.2) is 42.5 Å². The molecular formula is C24H29NO3. The summed E-state index contributed by atoms with van der Waals surface area (Å²) in [5, 5.41) is 9.85. The molecular weight excluding hydrogens is 350 g/mol. The van der Waals surface area contributed by atoms with Crippen molar-refractivity contribution in [1.29, 1.82) is 0 Å². The van der Waals surface area contributed by atoms with Crippen LogP contribution >= 0.6 is 0 Å². The van der Waals surface area contributed by atoms with E-state index in [0.717, 1.165) is 37.8 Å². The molecule has 4 heteroatoms. The van der Waals surface area contributed by atoms with E-state index in [1.165, 1.54) is 16.8 Å². The van der Waals surface area contributed by atoms with Crippen LogP contribution in [-0.2, 0) is 16.1 Å². The smallest absolute Gasteiger partial charge is 0.123 e. The zero-order valence-electron chi connectivity index (χ0n) is 16.7. The molecule has 0 bridgehead atoms. The number of benzene rings is 2. The summed E-state index contributed by atoms with van der Waals surface area (Å²) in [6.45, 7) is 6.83. The Labute approximate surface area is 167 Å². The predicted molar refractivity (Wildman–Crippen MR) is 111 cm³/mol. The molecule has 2 heterocycles.